The summed E-state index contributed by atoms with van der Waals surface area (Å²) in [6.45, 7) is 0.633. The average molecular weight is 555 g/mol. The van der Waals surface area contributed by atoms with E-state index in [1.807, 2.05) is 0 Å². The number of nitrogens with one attached hydrogen (secondary N) is 3. The molecule has 1 aliphatic carbocycles. The number of alkyl halides is 1. The van der Waals surface area contributed by atoms with Gasteiger partial charge in [0, 0.05) is 29.3 Å². The lowest BCUT2D eigenvalue weighted by Crippen LogP contribution is -2.24. The highest BCUT2D eigenvalue weighted by Crippen LogP contribution is 2.55. The van der Waals surface area contributed by atoms with E-state index in [0.29, 0.717) is 39.8 Å². The number of carbonyl (C=O) groups excluding carboxylic acids is 2. The maximum absolute atomic E-state index is 14.5. The van der Waals surface area contributed by atoms with Crippen LogP contribution in [0.4, 0.5) is 21.6 Å². The summed E-state index contributed by atoms with van der Waals surface area (Å²) in [6.07, 6.45) is 5.15. The van der Waals surface area contributed by atoms with Gasteiger partial charge in [0.05, 0.1) is 27.5 Å². The third-order valence-electron chi connectivity index (χ3n) is 6.04. The number of hydrogen-bond donors (Lipinski definition) is 3. The van der Waals surface area contributed by atoms with Gasteiger partial charge < -0.3 is 16.0 Å². The van der Waals surface area contributed by atoms with Crippen molar-refractivity contribution in [3.63, 3.8) is 0 Å². The van der Waals surface area contributed by atoms with E-state index in [1.165, 1.54) is 18.5 Å². The second-order valence-corrected chi connectivity index (χ2v) is 9.30. The number of nitrogens with zero attached hydrogens (tertiary/aromatic N) is 2. The lowest BCUT2D eigenvalue weighted by Gasteiger charge is -2.13. The summed E-state index contributed by atoms with van der Waals surface area (Å²) in [7, 11) is 0. The molecule has 10 heteroatoms. The molecule has 3 N–H and O–H groups in total. The molecule has 0 bridgehead atoms. The van der Waals surface area contributed by atoms with Crippen LogP contribution in [-0.4, -0.2) is 33.7 Å². The van der Waals surface area contributed by atoms with Crippen LogP contribution in [0.2, 0.25) is 5.02 Å². The molecule has 2 heterocycles. The van der Waals surface area contributed by atoms with E-state index in [1.54, 1.807) is 30.3 Å². The number of fused-ring (bicyclic) bond motifs is 2. The molecule has 2 fully saturated rings. The number of halogens is 3. The second-order valence-electron chi connectivity index (χ2n) is 8.24. The highest BCUT2D eigenvalue weighted by molar-refractivity contribution is 9.09. The molecule has 35 heavy (non-hydrogen) atoms. The van der Waals surface area contributed by atoms with Crippen molar-refractivity contribution in [2.45, 2.75) is 6.42 Å². The van der Waals surface area contributed by atoms with E-state index >= 15 is 0 Å². The summed E-state index contributed by atoms with van der Waals surface area (Å²) >= 11 is 9.16. The van der Waals surface area contributed by atoms with Crippen molar-refractivity contribution in [2.75, 3.05) is 22.5 Å². The summed E-state index contributed by atoms with van der Waals surface area (Å²) in [6, 6.07) is 8.01. The molecule has 7 nitrogen and oxygen atoms in total. The molecule has 5 rings (SSSR count). The van der Waals surface area contributed by atoms with Crippen LogP contribution in [0.1, 0.15) is 12.0 Å². The predicted octanol–water partition coefficient (Wildman–Crippen LogP) is 4.54. The molecule has 1 aromatic heterocycles. The molecule has 2 amide bonds. The van der Waals surface area contributed by atoms with Crippen LogP contribution in [0.25, 0.3) is 10.9 Å². The Hall–Kier alpha value is -3.48. The Morgan fingerprint density at radius 2 is 2.20 bits per heavy atom. The Morgan fingerprint density at radius 1 is 1.34 bits per heavy atom. The molecule has 176 valence electrons. The van der Waals surface area contributed by atoms with Crippen LogP contribution in [0, 0.1) is 29.0 Å². The van der Waals surface area contributed by atoms with Gasteiger partial charge in [-0.15, -0.1) is 0 Å². The number of anilines is 3. The van der Waals surface area contributed by atoms with Crippen molar-refractivity contribution in [3.05, 3.63) is 65.2 Å². The summed E-state index contributed by atoms with van der Waals surface area (Å²) in [5.74, 6) is 5.75. The lowest BCUT2D eigenvalue weighted by molar-refractivity contribution is -0.122. The first-order chi connectivity index (χ1) is 16.9. The van der Waals surface area contributed by atoms with Gasteiger partial charge in [0.25, 0.3) is 0 Å². The van der Waals surface area contributed by atoms with Crippen molar-refractivity contribution in [1.29, 1.82) is 0 Å². The van der Waals surface area contributed by atoms with Gasteiger partial charge in [0.15, 0.2) is 5.82 Å². The molecule has 2 aromatic carbocycles. The predicted molar refractivity (Wildman–Crippen MR) is 136 cm³/mol. The highest BCUT2D eigenvalue weighted by atomic mass is 79.9. The van der Waals surface area contributed by atoms with Crippen molar-refractivity contribution in [1.82, 2.24) is 15.3 Å². The maximum Gasteiger partial charge on any atom is 0.248 e. The van der Waals surface area contributed by atoms with E-state index < -0.39 is 11.2 Å². The van der Waals surface area contributed by atoms with Crippen LogP contribution in [-0.2, 0) is 9.59 Å². The lowest BCUT2D eigenvalue weighted by atomic mass is 10.0. The third kappa shape index (κ3) is 4.47. The SMILES string of the molecule is O=C(/C=C/CBr)Nc1cc2c(Nc3cccc(Cl)c3F)ncnc2cc1C#C[C@@]12C[C@@H]1CNC2=O. The van der Waals surface area contributed by atoms with Crippen molar-refractivity contribution < 1.29 is 14.0 Å². The molecule has 3 aromatic rings. The first kappa shape index (κ1) is 23.3. The Labute approximate surface area is 213 Å². The second kappa shape index (κ2) is 9.29. The number of piperidine rings is 1. The Kier molecular flexibility index (Phi) is 6.17. The van der Waals surface area contributed by atoms with Gasteiger partial charge in [-0.2, -0.15) is 0 Å². The smallest absolute Gasteiger partial charge is 0.248 e. The minimum Gasteiger partial charge on any atom is -0.354 e. The standard InChI is InChI=1S/C25H18BrClFN5O2/c26-8-2-5-21(34)32-19-10-16-20(9-14(19)6-7-25-11-15(25)12-29-24(25)35)30-13-31-23(16)33-18-4-1-3-17(27)22(18)28/h1-5,9-10,13,15H,8,11-12H2,(H,29,35)(H,32,34)(H,30,31,33)/b5-2+/t15-,25-/m1/s1. The first-order valence-corrected chi connectivity index (χ1v) is 12.3. The van der Waals surface area contributed by atoms with Crippen LogP contribution in [0.3, 0.4) is 0 Å². The summed E-state index contributed by atoms with van der Waals surface area (Å²) in [5, 5.41) is 9.67. The zero-order valence-corrected chi connectivity index (χ0v) is 20.5. The van der Waals surface area contributed by atoms with Gasteiger partial charge in [-0.3, -0.25) is 9.59 Å². The number of carbonyl (C=O) groups is 2. The Bertz CT molecular complexity index is 1470. The fraction of sp³-hybridized carbons (Fsp3) is 0.200. The zero-order valence-electron chi connectivity index (χ0n) is 18.2. The van der Waals surface area contributed by atoms with Gasteiger partial charge in [0.1, 0.15) is 17.6 Å². The average Bonchev–Trinajstić information content (AvgIpc) is 3.49. The third-order valence-corrected chi connectivity index (χ3v) is 6.70. The molecule has 0 spiro atoms. The van der Waals surface area contributed by atoms with E-state index in [0.717, 1.165) is 6.42 Å². The van der Waals surface area contributed by atoms with Gasteiger partial charge in [0.2, 0.25) is 11.8 Å². The summed E-state index contributed by atoms with van der Waals surface area (Å²) in [5.41, 5.74) is 0.957. The number of rotatable bonds is 5. The first-order valence-electron chi connectivity index (χ1n) is 10.8. The fourth-order valence-electron chi connectivity index (χ4n) is 4.08. The minimum absolute atomic E-state index is 0.0221. The van der Waals surface area contributed by atoms with Gasteiger partial charge in [-0.05, 0) is 30.7 Å². The quantitative estimate of drug-likeness (QED) is 0.244. The Balaban J connectivity index is 1.58. The maximum atomic E-state index is 14.5. The normalized spacial score (nSPS) is 20.2. The minimum atomic E-state index is -0.658. The van der Waals surface area contributed by atoms with E-state index in [9.17, 15) is 14.0 Å². The van der Waals surface area contributed by atoms with Gasteiger partial charge in [-0.25, -0.2) is 14.4 Å². The molecule has 1 saturated carbocycles. The number of amides is 2. The van der Waals surface area contributed by atoms with Gasteiger partial charge in [-0.1, -0.05) is 51.5 Å². The topological polar surface area (TPSA) is 96.0 Å². The number of hydrogen-bond acceptors (Lipinski definition) is 5. The molecule has 1 aliphatic heterocycles. The molecular formula is C25H18BrClFN5O2. The van der Waals surface area contributed by atoms with Gasteiger partial charge >= 0.3 is 0 Å². The number of allylic oxidation sites excluding steroid dienone is 1. The molecule has 2 atom stereocenters. The molecule has 2 aliphatic rings. The monoisotopic (exact) mass is 553 g/mol. The molecule has 0 unspecified atom stereocenters. The zero-order chi connectivity index (χ0) is 24.6. The van der Waals surface area contributed by atoms with E-state index in [4.69, 9.17) is 11.6 Å². The number of benzene rings is 2. The molecule has 1 saturated heterocycles. The summed E-state index contributed by atoms with van der Waals surface area (Å²) < 4.78 is 14.5. The van der Waals surface area contributed by atoms with Crippen molar-refractivity contribution in [3.8, 4) is 11.8 Å². The molecule has 0 radical (unpaired) electrons. The van der Waals surface area contributed by atoms with Crippen molar-refractivity contribution in [2.24, 2.45) is 11.3 Å². The largest absolute Gasteiger partial charge is 0.354 e. The van der Waals surface area contributed by atoms with E-state index in [-0.39, 0.29) is 28.4 Å². The fourth-order valence-corrected chi connectivity index (χ4v) is 4.44. The van der Waals surface area contributed by atoms with Crippen LogP contribution in [0.5, 0.6) is 0 Å². The Morgan fingerprint density at radius 3 is 2.94 bits per heavy atom. The van der Waals surface area contributed by atoms with Crippen LogP contribution < -0.4 is 16.0 Å². The van der Waals surface area contributed by atoms with Crippen LogP contribution in [0.15, 0.2) is 48.8 Å². The highest BCUT2D eigenvalue weighted by Gasteiger charge is 2.63. The number of aromatic nitrogens is 2. The van der Waals surface area contributed by atoms with Crippen LogP contribution >= 0.6 is 27.5 Å². The van der Waals surface area contributed by atoms with E-state index in [2.05, 4.69) is 53.7 Å². The molecular weight excluding hydrogens is 537 g/mol. The van der Waals surface area contributed by atoms with Crippen molar-refractivity contribution >= 4 is 67.4 Å². The summed E-state index contributed by atoms with van der Waals surface area (Å²) in [4.78, 5) is 33.3.